The first-order chi connectivity index (χ1) is 11.7. The Bertz CT molecular complexity index is 813. The topological polar surface area (TPSA) is 46.9 Å². The second-order valence-corrected chi connectivity index (χ2v) is 6.30. The Labute approximate surface area is 145 Å². The van der Waals surface area contributed by atoms with Crippen molar-refractivity contribution >= 4 is 17.7 Å². The van der Waals surface area contributed by atoms with Gasteiger partial charge in [-0.05, 0) is 43.0 Å². The van der Waals surface area contributed by atoms with Crippen LogP contribution in [0.4, 0.5) is 0 Å². The van der Waals surface area contributed by atoms with Gasteiger partial charge in [-0.25, -0.2) is 4.98 Å². The van der Waals surface area contributed by atoms with E-state index >= 15 is 0 Å². The summed E-state index contributed by atoms with van der Waals surface area (Å²) in [5, 5.41) is 3.07. The van der Waals surface area contributed by atoms with Gasteiger partial charge >= 0.3 is 0 Å². The van der Waals surface area contributed by atoms with Gasteiger partial charge in [0.1, 0.15) is 0 Å². The Kier molecular flexibility index (Phi) is 5.01. The number of thioether (sulfide) groups is 1. The molecule has 3 aromatic rings. The van der Waals surface area contributed by atoms with Crippen molar-refractivity contribution in [2.75, 3.05) is 6.26 Å². The molecule has 0 spiro atoms. The third kappa shape index (κ3) is 3.51. The van der Waals surface area contributed by atoms with Gasteiger partial charge in [0, 0.05) is 23.0 Å². The van der Waals surface area contributed by atoms with Crippen molar-refractivity contribution in [3.8, 4) is 5.69 Å². The highest BCUT2D eigenvalue weighted by molar-refractivity contribution is 7.98. The van der Waals surface area contributed by atoms with Crippen LogP contribution in [0.25, 0.3) is 5.69 Å². The van der Waals surface area contributed by atoms with Crippen LogP contribution in [-0.2, 0) is 0 Å². The highest BCUT2D eigenvalue weighted by atomic mass is 32.2. The molecular weight excluding hydrogens is 318 g/mol. The van der Waals surface area contributed by atoms with Crippen molar-refractivity contribution in [1.29, 1.82) is 0 Å². The molecule has 5 heteroatoms. The molecule has 1 amide bonds. The van der Waals surface area contributed by atoms with Crippen molar-refractivity contribution in [1.82, 2.24) is 14.9 Å². The van der Waals surface area contributed by atoms with Crippen LogP contribution in [-0.4, -0.2) is 21.7 Å². The summed E-state index contributed by atoms with van der Waals surface area (Å²) in [6.45, 7) is 1.99. The molecule has 1 aromatic heterocycles. The van der Waals surface area contributed by atoms with Crippen LogP contribution in [0, 0.1) is 0 Å². The minimum absolute atomic E-state index is 0.0499. The zero-order chi connectivity index (χ0) is 16.9. The summed E-state index contributed by atoms with van der Waals surface area (Å²) in [7, 11) is 0. The second-order valence-electron chi connectivity index (χ2n) is 5.46. The van der Waals surface area contributed by atoms with Crippen molar-refractivity contribution in [2.45, 2.75) is 17.9 Å². The van der Waals surface area contributed by atoms with Crippen molar-refractivity contribution < 1.29 is 4.79 Å². The lowest BCUT2D eigenvalue weighted by atomic mass is 10.1. The lowest BCUT2D eigenvalue weighted by Gasteiger charge is -2.16. The molecular formula is C19H19N3OS. The van der Waals surface area contributed by atoms with Crippen LogP contribution in [0.2, 0.25) is 0 Å². The SMILES string of the molecule is CSc1ccccc1C(=O)N[C@H](C)c1ccc(-n2ccnc2)cc1. The van der Waals surface area contributed by atoms with Gasteiger partial charge in [-0.3, -0.25) is 4.79 Å². The van der Waals surface area contributed by atoms with Gasteiger partial charge in [0.25, 0.3) is 5.91 Å². The normalized spacial score (nSPS) is 11.9. The first-order valence-corrected chi connectivity index (χ1v) is 8.93. The van der Waals surface area contributed by atoms with Gasteiger partial charge in [-0.15, -0.1) is 11.8 Å². The first-order valence-electron chi connectivity index (χ1n) is 7.71. The predicted molar refractivity (Wildman–Crippen MR) is 97.7 cm³/mol. The second kappa shape index (κ2) is 7.36. The molecule has 1 N–H and O–H groups in total. The van der Waals surface area contributed by atoms with Crippen molar-refractivity contribution in [3.05, 3.63) is 78.4 Å². The minimum atomic E-state index is -0.0655. The van der Waals surface area contributed by atoms with Crippen LogP contribution in [0.1, 0.15) is 28.9 Å². The van der Waals surface area contributed by atoms with E-state index in [1.54, 1.807) is 24.3 Å². The first kappa shape index (κ1) is 16.3. The minimum Gasteiger partial charge on any atom is -0.345 e. The molecule has 24 heavy (non-hydrogen) atoms. The molecule has 0 bridgehead atoms. The third-order valence-electron chi connectivity index (χ3n) is 3.89. The Balaban J connectivity index is 1.72. The van der Waals surface area contributed by atoms with Gasteiger partial charge in [0.2, 0.25) is 0 Å². The monoisotopic (exact) mass is 337 g/mol. The molecule has 0 radical (unpaired) electrons. The van der Waals surface area contributed by atoms with E-state index in [1.807, 2.05) is 72.5 Å². The molecule has 0 unspecified atom stereocenters. The van der Waals surface area contributed by atoms with Gasteiger partial charge in [0.05, 0.1) is 17.9 Å². The van der Waals surface area contributed by atoms with E-state index in [2.05, 4.69) is 10.3 Å². The van der Waals surface area contributed by atoms with Crippen LogP contribution >= 0.6 is 11.8 Å². The maximum Gasteiger partial charge on any atom is 0.252 e. The van der Waals surface area contributed by atoms with Gasteiger partial charge in [-0.2, -0.15) is 0 Å². The summed E-state index contributed by atoms with van der Waals surface area (Å²) < 4.78 is 1.95. The molecule has 4 nitrogen and oxygen atoms in total. The van der Waals surface area contributed by atoms with E-state index in [0.29, 0.717) is 5.56 Å². The fourth-order valence-electron chi connectivity index (χ4n) is 2.54. The number of benzene rings is 2. The van der Waals surface area contributed by atoms with Crippen molar-refractivity contribution in [3.63, 3.8) is 0 Å². The number of carbonyl (C=O) groups is 1. The third-order valence-corrected chi connectivity index (χ3v) is 4.69. The lowest BCUT2D eigenvalue weighted by Crippen LogP contribution is -2.27. The molecule has 1 atom stereocenters. The molecule has 0 aliphatic rings. The summed E-state index contributed by atoms with van der Waals surface area (Å²) in [6, 6.07) is 15.7. The van der Waals surface area contributed by atoms with E-state index in [-0.39, 0.29) is 11.9 Å². The van der Waals surface area contributed by atoms with E-state index in [0.717, 1.165) is 16.1 Å². The Morgan fingerprint density at radius 3 is 2.58 bits per heavy atom. The van der Waals surface area contributed by atoms with Gasteiger partial charge < -0.3 is 9.88 Å². The molecule has 1 heterocycles. The molecule has 0 aliphatic heterocycles. The standard InChI is InChI=1S/C19H19N3OS/c1-14(21-19(23)17-5-3-4-6-18(17)24-2)15-7-9-16(10-8-15)22-12-11-20-13-22/h3-14H,1-2H3,(H,21,23)/t14-/m1/s1. The van der Waals surface area contributed by atoms with E-state index in [4.69, 9.17) is 0 Å². The number of amides is 1. The Morgan fingerprint density at radius 2 is 1.92 bits per heavy atom. The number of imidazole rings is 1. The zero-order valence-electron chi connectivity index (χ0n) is 13.6. The number of nitrogens with zero attached hydrogens (tertiary/aromatic N) is 2. The van der Waals surface area contributed by atoms with E-state index in [1.165, 1.54) is 0 Å². The fraction of sp³-hybridized carbons (Fsp3) is 0.158. The quantitative estimate of drug-likeness (QED) is 0.714. The maximum absolute atomic E-state index is 12.5. The summed E-state index contributed by atoms with van der Waals surface area (Å²) in [5.74, 6) is -0.0499. The molecule has 2 aromatic carbocycles. The van der Waals surface area contributed by atoms with Crippen LogP contribution < -0.4 is 5.32 Å². The highest BCUT2D eigenvalue weighted by Gasteiger charge is 2.14. The van der Waals surface area contributed by atoms with Crippen LogP contribution in [0.15, 0.2) is 72.1 Å². The molecule has 3 rings (SSSR count). The number of carbonyl (C=O) groups excluding carboxylic acids is 1. The molecule has 122 valence electrons. The highest BCUT2D eigenvalue weighted by Crippen LogP contribution is 2.21. The fourth-order valence-corrected chi connectivity index (χ4v) is 3.13. The van der Waals surface area contributed by atoms with Crippen LogP contribution in [0.3, 0.4) is 0 Å². The van der Waals surface area contributed by atoms with E-state index < -0.39 is 0 Å². The van der Waals surface area contributed by atoms with E-state index in [9.17, 15) is 4.79 Å². The maximum atomic E-state index is 12.5. The predicted octanol–water partition coefficient (Wildman–Crippen LogP) is 4.09. The molecule has 0 saturated carbocycles. The number of rotatable bonds is 5. The summed E-state index contributed by atoms with van der Waals surface area (Å²) in [5.41, 5.74) is 2.82. The molecule has 0 aliphatic carbocycles. The Hall–Kier alpha value is -2.53. The van der Waals surface area contributed by atoms with Gasteiger partial charge in [0.15, 0.2) is 0 Å². The zero-order valence-corrected chi connectivity index (χ0v) is 14.5. The summed E-state index contributed by atoms with van der Waals surface area (Å²) >= 11 is 1.58. The number of hydrogen-bond donors (Lipinski definition) is 1. The largest absolute Gasteiger partial charge is 0.345 e. The number of aromatic nitrogens is 2. The van der Waals surface area contributed by atoms with Gasteiger partial charge in [-0.1, -0.05) is 24.3 Å². The average Bonchev–Trinajstić information content (AvgIpc) is 3.16. The Morgan fingerprint density at radius 1 is 1.17 bits per heavy atom. The smallest absolute Gasteiger partial charge is 0.252 e. The number of hydrogen-bond acceptors (Lipinski definition) is 3. The lowest BCUT2D eigenvalue weighted by molar-refractivity contribution is 0.0937. The van der Waals surface area contributed by atoms with Crippen molar-refractivity contribution in [2.24, 2.45) is 0 Å². The summed E-state index contributed by atoms with van der Waals surface area (Å²) in [6.07, 6.45) is 7.39. The van der Waals surface area contributed by atoms with Crippen LogP contribution in [0.5, 0.6) is 0 Å². The molecule has 0 saturated heterocycles. The summed E-state index contributed by atoms with van der Waals surface area (Å²) in [4.78, 5) is 17.6. The number of nitrogens with one attached hydrogen (secondary N) is 1. The molecule has 0 fully saturated rings. The average molecular weight is 337 g/mol.